The molecule has 0 saturated carbocycles. The van der Waals surface area contributed by atoms with Crippen LogP contribution in [0.1, 0.15) is 41.5 Å². The molecule has 0 atom stereocenters. The predicted octanol–water partition coefficient (Wildman–Crippen LogP) is 4.93. The summed E-state index contributed by atoms with van der Waals surface area (Å²) >= 11 is 0. The van der Waals surface area contributed by atoms with Crippen LogP contribution in [0, 0.1) is 0 Å². The van der Waals surface area contributed by atoms with Gasteiger partial charge in [0.15, 0.2) is 0 Å². The molecule has 0 aromatic rings. The molecule has 1 nitrogen and oxygen atoms in total. The number of hydrogen-bond donors (Lipinski definition) is 0. The molecule has 0 radical (unpaired) electrons. The van der Waals surface area contributed by atoms with Gasteiger partial charge in [0, 0.05) is 0 Å². The van der Waals surface area contributed by atoms with E-state index in [9.17, 15) is 0 Å². The molecular weight excluding hydrogens is 226 g/mol. The molecule has 0 unspecified atom stereocenters. The van der Waals surface area contributed by atoms with Gasteiger partial charge < -0.3 is 4.23 Å². The fourth-order valence-electron chi connectivity index (χ4n) is 1.71. The lowest BCUT2D eigenvalue weighted by atomic mass is 10.2. The highest BCUT2D eigenvalue weighted by Gasteiger charge is 2.49. The van der Waals surface area contributed by atoms with Crippen LogP contribution in [-0.2, 0) is 0 Å². The molecule has 0 spiro atoms. The Hall–Kier alpha value is 0.394. The van der Waals surface area contributed by atoms with Crippen LogP contribution in [0.3, 0.4) is 0 Å². The minimum Gasteiger partial charge on any atom is -0.348 e. The quantitative estimate of drug-likeness (QED) is 0.636. The van der Waals surface area contributed by atoms with Crippen LogP contribution in [0.4, 0.5) is 0 Å². The Morgan fingerprint density at radius 2 is 0.812 bits per heavy atom. The second kappa shape index (κ2) is 4.25. The third-order valence-electron chi connectivity index (χ3n) is 5.35. The lowest BCUT2D eigenvalue weighted by Gasteiger charge is -2.55. The predicted molar refractivity (Wildman–Crippen MR) is 82.2 cm³/mol. The Labute approximate surface area is 106 Å². The first-order valence-corrected chi connectivity index (χ1v) is 12.3. The smallest absolute Gasteiger partial charge is 0.120 e. The van der Waals surface area contributed by atoms with Gasteiger partial charge in [0.05, 0.1) is 0 Å². The summed E-state index contributed by atoms with van der Waals surface area (Å²) in [5.41, 5.74) is 0. The molecule has 0 aromatic heterocycles. The molecule has 0 aromatic carbocycles. The fourth-order valence-corrected chi connectivity index (χ4v) is 11.3. The van der Waals surface area contributed by atoms with Gasteiger partial charge in [-0.3, -0.25) is 0 Å². The van der Waals surface area contributed by atoms with Gasteiger partial charge in [-0.05, 0) is 17.1 Å². The highest BCUT2D eigenvalue weighted by Crippen LogP contribution is 2.45. The van der Waals surface area contributed by atoms with Gasteiger partial charge in [0.25, 0.3) is 0 Å². The van der Waals surface area contributed by atoms with Gasteiger partial charge in [-0.2, -0.15) is 0 Å². The Balaban J connectivity index is 5.30. The van der Waals surface area contributed by atoms with Crippen molar-refractivity contribution in [2.45, 2.75) is 77.8 Å². The van der Waals surface area contributed by atoms with Crippen molar-refractivity contribution in [1.82, 2.24) is 4.23 Å². The van der Waals surface area contributed by atoms with E-state index in [0.717, 1.165) is 0 Å². The van der Waals surface area contributed by atoms with Gasteiger partial charge in [0.2, 0.25) is 0 Å². The molecule has 0 bridgehead atoms. The number of nitrogens with zero attached hydrogens (tertiary/aromatic N) is 1. The molecule has 0 aliphatic rings. The highest BCUT2D eigenvalue weighted by atomic mass is 28.4. The molecule has 0 amide bonds. The van der Waals surface area contributed by atoms with Crippen molar-refractivity contribution in [2.75, 3.05) is 7.05 Å². The molecule has 0 aliphatic heterocycles. The average Bonchev–Trinajstić information content (AvgIpc) is 1.98. The summed E-state index contributed by atoms with van der Waals surface area (Å²) in [5.74, 6) is 0. The topological polar surface area (TPSA) is 3.24 Å². The van der Waals surface area contributed by atoms with E-state index in [-0.39, 0.29) is 0 Å². The summed E-state index contributed by atoms with van der Waals surface area (Å²) < 4.78 is 2.82. The van der Waals surface area contributed by atoms with Crippen LogP contribution in [0.2, 0.25) is 36.3 Å². The summed E-state index contributed by atoms with van der Waals surface area (Å²) in [6.07, 6.45) is 0. The minimum absolute atomic E-state index is 0.442. The van der Waals surface area contributed by atoms with E-state index in [2.05, 4.69) is 79.0 Å². The molecule has 0 N–H and O–H groups in total. The second-order valence-electron chi connectivity index (χ2n) is 8.18. The van der Waals surface area contributed by atoms with Gasteiger partial charge >= 0.3 is 0 Å². The van der Waals surface area contributed by atoms with Gasteiger partial charge in [0.1, 0.15) is 16.5 Å². The lowest BCUT2D eigenvalue weighted by molar-refractivity contribution is 0.573. The van der Waals surface area contributed by atoms with Crippen molar-refractivity contribution in [3.63, 3.8) is 0 Å². The lowest BCUT2D eigenvalue weighted by Crippen LogP contribution is -2.66. The number of hydrogen-bond acceptors (Lipinski definition) is 1. The van der Waals surface area contributed by atoms with Crippen molar-refractivity contribution >= 4 is 16.5 Å². The molecule has 0 saturated heterocycles. The van der Waals surface area contributed by atoms with E-state index < -0.39 is 16.5 Å². The van der Waals surface area contributed by atoms with Crippen LogP contribution >= 0.6 is 0 Å². The zero-order valence-corrected chi connectivity index (χ0v) is 15.4. The first-order chi connectivity index (χ1) is 6.65. The van der Waals surface area contributed by atoms with Crippen molar-refractivity contribution in [1.29, 1.82) is 0 Å². The van der Waals surface area contributed by atoms with Crippen molar-refractivity contribution in [3.8, 4) is 0 Å². The summed E-state index contributed by atoms with van der Waals surface area (Å²) in [6, 6.07) is 0. The summed E-state index contributed by atoms with van der Waals surface area (Å²) in [6.45, 7) is 24.5. The normalized spacial score (nSPS) is 15.8. The van der Waals surface area contributed by atoms with Crippen LogP contribution < -0.4 is 0 Å². The maximum Gasteiger partial charge on any atom is 0.120 e. The third-order valence-corrected chi connectivity index (χ3v) is 19.4. The molecule has 3 heteroatoms. The van der Waals surface area contributed by atoms with Crippen molar-refractivity contribution in [2.24, 2.45) is 0 Å². The van der Waals surface area contributed by atoms with Crippen LogP contribution in [0.25, 0.3) is 0 Å². The first kappa shape index (κ1) is 16.4. The molecule has 0 heterocycles. The fraction of sp³-hybridized carbons (Fsp3) is 1.00. The van der Waals surface area contributed by atoms with E-state index in [1.54, 1.807) is 0 Å². The van der Waals surface area contributed by atoms with E-state index in [1.165, 1.54) is 0 Å². The maximum atomic E-state index is 2.82. The summed E-state index contributed by atoms with van der Waals surface area (Å²) in [5, 5.41) is 0.883. The largest absolute Gasteiger partial charge is 0.348 e. The van der Waals surface area contributed by atoms with Gasteiger partial charge in [-0.15, -0.1) is 0 Å². The minimum atomic E-state index is -1.36. The molecular formula is C13H33NSi2. The maximum absolute atomic E-state index is 2.82. The molecule has 0 rings (SSSR count). The van der Waals surface area contributed by atoms with Crippen molar-refractivity contribution in [3.05, 3.63) is 0 Å². The van der Waals surface area contributed by atoms with Crippen LogP contribution in [-0.4, -0.2) is 27.7 Å². The van der Waals surface area contributed by atoms with Crippen LogP contribution in [0.15, 0.2) is 0 Å². The van der Waals surface area contributed by atoms with Crippen LogP contribution in [0.5, 0.6) is 0 Å². The first-order valence-electron chi connectivity index (χ1n) is 6.39. The second-order valence-corrected chi connectivity index (χ2v) is 19.2. The van der Waals surface area contributed by atoms with Crippen molar-refractivity contribution < 1.29 is 0 Å². The average molecular weight is 260 g/mol. The monoisotopic (exact) mass is 259 g/mol. The molecule has 16 heavy (non-hydrogen) atoms. The third kappa shape index (κ3) is 2.80. The Bertz CT molecular complexity index is 218. The molecule has 0 aliphatic carbocycles. The van der Waals surface area contributed by atoms with E-state index in [1.807, 2.05) is 0 Å². The summed E-state index contributed by atoms with van der Waals surface area (Å²) in [7, 11) is -0.333. The van der Waals surface area contributed by atoms with E-state index in [0.29, 0.717) is 10.1 Å². The van der Waals surface area contributed by atoms with E-state index >= 15 is 0 Å². The molecule has 98 valence electrons. The zero-order chi connectivity index (χ0) is 13.6. The summed E-state index contributed by atoms with van der Waals surface area (Å²) in [4.78, 5) is 0. The Morgan fingerprint density at radius 1 is 0.625 bits per heavy atom. The standard InChI is InChI=1S/C13H33NSi2/c1-12(2,3)15(8,9)14(7)16(10,11)13(4,5)6/h1-11H3. The highest BCUT2D eigenvalue weighted by molar-refractivity contribution is 6.93. The zero-order valence-electron chi connectivity index (χ0n) is 13.4. The Morgan fingerprint density at radius 3 is 0.938 bits per heavy atom. The number of rotatable bonds is 2. The Kier molecular flexibility index (Phi) is 4.35. The molecule has 0 fully saturated rings. The van der Waals surface area contributed by atoms with E-state index in [4.69, 9.17) is 0 Å². The van der Waals surface area contributed by atoms with Gasteiger partial charge in [-0.25, -0.2) is 0 Å². The van der Waals surface area contributed by atoms with Gasteiger partial charge in [-0.1, -0.05) is 67.7 Å². The SMILES string of the molecule is CN([Si](C)(C)C(C)(C)C)[Si](C)(C)C(C)(C)C.